The van der Waals surface area contributed by atoms with E-state index < -0.39 is 0 Å². The Bertz CT molecular complexity index is 79.9. The minimum atomic E-state index is 0.125. The zero-order valence-electron chi connectivity index (χ0n) is 9.69. The molecule has 0 aromatic carbocycles. The van der Waals surface area contributed by atoms with Crippen molar-refractivity contribution in [2.24, 2.45) is 0 Å². The summed E-state index contributed by atoms with van der Waals surface area (Å²) >= 11 is 0. The van der Waals surface area contributed by atoms with Crippen molar-refractivity contribution in [3.8, 4) is 0 Å². The highest BCUT2D eigenvalue weighted by Crippen LogP contribution is 1.79. The molecule has 0 unspecified atom stereocenters. The lowest BCUT2D eigenvalue weighted by Crippen LogP contribution is -2.29. The largest absolute Gasteiger partial charge is 0.354 e. The first kappa shape index (κ1) is 17.5. The molecular weight excluding hydrogens is 150 g/mol. The van der Waals surface area contributed by atoms with Crippen molar-refractivity contribution in [1.29, 1.82) is 0 Å². The van der Waals surface area contributed by atoms with Gasteiger partial charge in [-0.05, 0) is 13.8 Å². The van der Waals surface area contributed by atoms with Crippen LogP contribution in [0.3, 0.4) is 0 Å². The monoisotopic (exact) mass is 175 g/mol. The fourth-order valence-corrected chi connectivity index (χ4v) is 0.424. The van der Waals surface area contributed by atoms with Gasteiger partial charge in [-0.25, -0.2) is 0 Å². The van der Waals surface area contributed by atoms with Crippen molar-refractivity contribution in [1.82, 2.24) is 5.32 Å². The molecule has 0 radical (unpaired) electrons. The van der Waals surface area contributed by atoms with Crippen molar-refractivity contribution in [2.45, 2.75) is 60.9 Å². The average Bonchev–Trinajstić information content (AvgIpc) is 2.10. The molecule has 0 aliphatic rings. The summed E-state index contributed by atoms with van der Waals surface area (Å²) in [6, 6.07) is 0.280. The Morgan fingerprint density at radius 1 is 1.17 bits per heavy atom. The average molecular weight is 175 g/mol. The Hall–Kier alpha value is -0.530. The topological polar surface area (TPSA) is 29.1 Å². The molecule has 2 heteroatoms. The first-order valence-corrected chi connectivity index (χ1v) is 4.96. The summed E-state index contributed by atoms with van der Waals surface area (Å²) in [6.45, 7) is 13.7. The van der Waals surface area contributed by atoms with Gasteiger partial charge >= 0.3 is 0 Å². The molecule has 2 nitrogen and oxygen atoms in total. The van der Waals surface area contributed by atoms with Crippen LogP contribution in [0.4, 0.5) is 0 Å². The highest BCUT2D eigenvalue weighted by molar-refractivity contribution is 5.75. The Kier molecular flexibility index (Phi) is 24.6. The quantitative estimate of drug-likeness (QED) is 0.687. The second-order valence-corrected chi connectivity index (χ2v) is 2.08. The molecular formula is C10H25NO. The SMILES string of the molecule is CC.CC.CCC(=O)NC(C)C. The third kappa shape index (κ3) is 22.7. The van der Waals surface area contributed by atoms with E-state index in [9.17, 15) is 4.79 Å². The van der Waals surface area contributed by atoms with Gasteiger partial charge in [0.1, 0.15) is 0 Å². The normalized spacial score (nSPS) is 7.33. The molecule has 1 amide bonds. The van der Waals surface area contributed by atoms with Crippen LogP contribution in [-0.4, -0.2) is 11.9 Å². The molecule has 12 heavy (non-hydrogen) atoms. The van der Waals surface area contributed by atoms with E-state index >= 15 is 0 Å². The van der Waals surface area contributed by atoms with Crippen LogP contribution in [0, 0.1) is 0 Å². The van der Waals surface area contributed by atoms with E-state index in [2.05, 4.69) is 5.32 Å². The van der Waals surface area contributed by atoms with E-state index in [0.29, 0.717) is 6.42 Å². The molecule has 0 aliphatic carbocycles. The van der Waals surface area contributed by atoms with Crippen LogP contribution in [0.2, 0.25) is 0 Å². The molecule has 1 N–H and O–H groups in total. The molecule has 0 spiro atoms. The summed E-state index contributed by atoms with van der Waals surface area (Å²) in [6.07, 6.45) is 0.582. The lowest BCUT2D eigenvalue weighted by molar-refractivity contribution is -0.121. The maximum Gasteiger partial charge on any atom is 0.219 e. The Balaban J connectivity index is -0.000000175. The highest BCUT2D eigenvalue weighted by Gasteiger charge is 1.96. The van der Waals surface area contributed by atoms with Gasteiger partial charge in [0.15, 0.2) is 0 Å². The van der Waals surface area contributed by atoms with Crippen molar-refractivity contribution in [3.63, 3.8) is 0 Å². The van der Waals surface area contributed by atoms with Gasteiger partial charge in [0.05, 0.1) is 0 Å². The predicted octanol–water partition coefficient (Wildman–Crippen LogP) is 2.97. The minimum Gasteiger partial charge on any atom is -0.354 e. The summed E-state index contributed by atoms with van der Waals surface area (Å²) in [5.41, 5.74) is 0. The molecule has 0 atom stereocenters. The molecule has 0 bridgehead atoms. The molecule has 0 saturated carbocycles. The number of carbonyl (C=O) groups is 1. The van der Waals surface area contributed by atoms with Crippen molar-refractivity contribution in [2.75, 3.05) is 0 Å². The van der Waals surface area contributed by atoms with Gasteiger partial charge in [-0.1, -0.05) is 34.6 Å². The molecule has 0 heterocycles. The minimum absolute atomic E-state index is 0.125. The number of hydrogen-bond donors (Lipinski definition) is 1. The Labute approximate surface area is 77.7 Å². The fourth-order valence-electron chi connectivity index (χ4n) is 0.424. The number of hydrogen-bond acceptors (Lipinski definition) is 1. The maximum atomic E-state index is 10.5. The summed E-state index contributed by atoms with van der Waals surface area (Å²) in [4.78, 5) is 10.5. The van der Waals surface area contributed by atoms with Crippen LogP contribution < -0.4 is 5.32 Å². The van der Waals surface area contributed by atoms with Gasteiger partial charge in [-0.15, -0.1) is 0 Å². The fraction of sp³-hybridized carbons (Fsp3) is 0.900. The van der Waals surface area contributed by atoms with Crippen LogP contribution >= 0.6 is 0 Å². The van der Waals surface area contributed by atoms with Gasteiger partial charge in [0.2, 0.25) is 5.91 Å². The summed E-state index contributed by atoms with van der Waals surface area (Å²) in [5, 5.41) is 2.75. The van der Waals surface area contributed by atoms with E-state index in [-0.39, 0.29) is 11.9 Å². The lowest BCUT2D eigenvalue weighted by Gasteiger charge is -2.04. The van der Waals surface area contributed by atoms with Gasteiger partial charge < -0.3 is 5.32 Å². The van der Waals surface area contributed by atoms with Crippen LogP contribution in [0.1, 0.15) is 54.9 Å². The standard InChI is InChI=1S/C6H13NO.2C2H6/c1-4-6(8)7-5(2)3;2*1-2/h5H,4H2,1-3H3,(H,7,8);2*1-2H3. The van der Waals surface area contributed by atoms with E-state index in [1.165, 1.54) is 0 Å². The molecule has 0 aromatic heterocycles. The molecule has 0 aromatic rings. The second kappa shape index (κ2) is 16.8. The first-order chi connectivity index (χ1) is 5.66. The predicted molar refractivity (Wildman–Crippen MR) is 56.3 cm³/mol. The van der Waals surface area contributed by atoms with Crippen LogP contribution in [0.5, 0.6) is 0 Å². The van der Waals surface area contributed by atoms with E-state index in [0.717, 1.165) is 0 Å². The Morgan fingerprint density at radius 2 is 1.50 bits per heavy atom. The third-order valence-electron chi connectivity index (χ3n) is 0.771. The lowest BCUT2D eigenvalue weighted by atomic mass is 10.3. The van der Waals surface area contributed by atoms with E-state index in [4.69, 9.17) is 0 Å². The van der Waals surface area contributed by atoms with Crippen LogP contribution in [0.25, 0.3) is 0 Å². The van der Waals surface area contributed by atoms with E-state index in [1.807, 2.05) is 48.5 Å². The van der Waals surface area contributed by atoms with Crippen molar-refractivity contribution in [3.05, 3.63) is 0 Å². The number of amides is 1. The molecule has 0 saturated heterocycles. The van der Waals surface area contributed by atoms with Gasteiger partial charge in [0.25, 0.3) is 0 Å². The third-order valence-corrected chi connectivity index (χ3v) is 0.771. The van der Waals surface area contributed by atoms with Gasteiger partial charge in [-0.3, -0.25) is 4.79 Å². The number of carbonyl (C=O) groups excluding carboxylic acids is 1. The molecule has 0 aliphatic heterocycles. The van der Waals surface area contributed by atoms with Gasteiger partial charge in [0, 0.05) is 12.5 Å². The summed E-state index contributed by atoms with van der Waals surface area (Å²) < 4.78 is 0. The molecule has 76 valence electrons. The maximum absolute atomic E-state index is 10.5. The number of rotatable bonds is 2. The smallest absolute Gasteiger partial charge is 0.219 e. The van der Waals surface area contributed by atoms with Crippen molar-refractivity contribution < 1.29 is 4.79 Å². The Morgan fingerprint density at radius 3 is 1.58 bits per heavy atom. The van der Waals surface area contributed by atoms with Crippen LogP contribution in [-0.2, 0) is 4.79 Å². The summed E-state index contributed by atoms with van der Waals surface area (Å²) in [5.74, 6) is 0.125. The second-order valence-electron chi connectivity index (χ2n) is 2.08. The summed E-state index contributed by atoms with van der Waals surface area (Å²) in [7, 11) is 0. The highest BCUT2D eigenvalue weighted by atomic mass is 16.1. The first-order valence-electron chi connectivity index (χ1n) is 4.96. The molecule has 0 rings (SSSR count). The van der Waals surface area contributed by atoms with Gasteiger partial charge in [-0.2, -0.15) is 0 Å². The molecule has 0 fully saturated rings. The number of nitrogens with one attached hydrogen (secondary N) is 1. The van der Waals surface area contributed by atoms with Crippen LogP contribution in [0.15, 0.2) is 0 Å². The zero-order chi connectivity index (χ0) is 10.6. The van der Waals surface area contributed by atoms with E-state index in [1.54, 1.807) is 0 Å². The zero-order valence-corrected chi connectivity index (χ0v) is 9.69. The van der Waals surface area contributed by atoms with Crippen molar-refractivity contribution >= 4 is 5.91 Å².